The highest BCUT2D eigenvalue weighted by atomic mass is 16.5. The normalized spacial score (nSPS) is 12.4. The van der Waals surface area contributed by atoms with Crippen LogP contribution in [0.25, 0.3) is 0 Å². The molecular formula is C16H21NO2. The van der Waals surface area contributed by atoms with E-state index in [-0.39, 0.29) is 6.04 Å². The van der Waals surface area contributed by atoms with Gasteiger partial charge in [0.2, 0.25) is 0 Å². The molecule has 3 heteroatoms. The summed E-state index contributed by atoms with van der Waals surface area (Å²) in [6, 6.07) is 10.3. The monoisotopic (exact) mass is 259 g/mol. The standard InChI is InChI=1S/C16H21NO2/c1-5-17-16(14-9-7-12(3)19-14)13-8-6-11(2)15(10-13)18-4/h6-10,16-17H,5H2,1-4H3. The molecule has 0 radical (unpaired) electrons. The van der Waals surface area contributed by atoms with Crippen LogP contribution in [0.5, 0.6) is 5.75 Å². The van der Waals surface area contributed by atoms with Crippen molar-refractivity contribution in [1.29, 1.82) is 0 Å². The van der Waals surface area contributed by atoms with Crippen molar-refractivity contribution >= 4 is 0 Å². The van der Waals surface area contributed by atoms with Gasteiger partial charge in [0.1, 0.15) is 17.3 Å². The Morgan fingerprint density at radius 3 is 2.58 bits per heavy atom. The maximum atomic E-state index is 5.75. The first-order chi connectivity index (χ1) is 9.15. The number of benzene rings is 1. The van der Waals surface area contributed by atoms with Gasteiger partial charge >= 0.3 is 0 Å². The molecule has 1 heterocycles. The van der Waals surface area contributed by atoms with Gasteiger partial charge in [-0.15, -0.1) is 0 Å². The second-order valence-corrected chi connectivity index (χ2v) is 4.67. The van der Waals surface area contributed by atoms with Gasteiger partial charge in [-0.25, -0.2) is 0 Å². The van der Waals surface area contributed by atoms with Gasteiger partial charge in [0.25, 0.3) is 0 Å². The molecule has 0 spiro atoms. The summed E-state index contributed by atoms with van der Waals surface area (Å²) in [6.07, 6.45) is 0. The minimum absolute atomic E-state index is 0.0631. The lowest BCUT2D eigenvalue weighted by Crippen LogP contribution is -2.21. The number of ether oxygens (including phenoxy) is 1. The minimum atomic E-state index is 0.0631. The second kappa shape index (κ2) is 5.93. The molecule has 2 rings (SSSR count). The summed E-state index contributed by atoms with van der Waals surface area (Å²) >= 11 is 0. The summed E-state index contributed by atoms with van der Waals surface area (Å²) in [5.41, 5.74) is 2.29. The predicted molar refractivity (Wildman–Crippen MR) is 76.7 cm³/mol. The lowest BCUT2D eigenvalue weighted by molar-refractivity contribution is 0.407. The van der Waals surface area contributed by atoms with Crippen molar-refractivity contribution in [3.05, 3.63) is 53.0 Å². The van der Waals surface area contributed by atoms with Gasteiger partial charge in [0.15, 0.2) is 0 Å². The van der Waals surface area contributed by atoms with Gasteiger partial charge in [-0.05, 0) is 49.7 Å². The largest absolute Gasteiger partial charge is 0.496 e. The fourth-order valence-corrected chi connectivity index (χ4v) is 2.21. The second-order valence-electron chi connectivity index (χ2n) is 4.67. The van der Waals surface area contributed by atoms with Crippen LogP contribution in [0.15, 0.2) is 34.7 Å². The van der Waals surface area contributed by atoms with E-state index < -0.39 is 0 Å². The number of furan rings is 1. The van der Waals surface area contributed by atoms with Crippen molar-refractivity contribution in [3.8, 4) is 5.75 Å². The zero-order valence-corrected chi connectivity index (χ0v) is 12.0. The van der Waals surface area contributed by atoms with Gasteiger partial charge in [-0.2, -0.15) is 0 Å². The summed E-state index contributed by atoms with van der Waals surface area (Å²) in [5, 5.41) is 3.45. The number of hydrogen-bond acceptors (Lipinski definition) is 3. The minimum Gasteiger partial charge on any atom is -0.496 e. The van der Waals surface area contributed by atoms with Crippen molar-refractivity contribution < 1.29 is 9.15 Å². The zero-order valence-electron chi connectivity index (χ0n) is 12.0. The highest BCUT2D eigenvalue weighted by molar-refractivity contribution is 5.40. The third-order valence-electron chi connectivity index (χ3n) is 3.22. The predicted octanol–water partition coefficient (Wildman–Crippen LogP) is 3.60. The number of hydrogen-bond donors (Lipinski definition) is 1. The molecule has 0 saturated heterocycles. The molecule has 1 unspecified atom stereocenters. The summed E-state index contributed by atoms with van der Waals surface area (Å²) in [7, 11) is 1.70. The van der Waals surface area contributed by atoms with Crippen LogP contribution >= 0.6 is 0 Å². The molecule has 0 aliphatic carbocycles. The van der Waals surface area contributed by atoms with Crippen LogP contribution in [0.4, 0.5) is 0 Å². The van der Waals surface area contributed by atoms with Crippen LogP contribution < -0.4 is 10.1 Å². The number of methoxy groups -OCH3 is 1. The van der Waals surface area contributed by atoms with E-state index in [1.807, 2.05) is 26.0 Å². The summed E-state index contributed by atoms with van der Waals surface area (Å²) < 4.78 is 11.1. The molecule has 102 valence electrons. The molecule has 0 aliphatic rings. The van der Waals surface area contributed by atoms with Gasteiger partial charge in [-0.3, -0.25) is 0 Å². The van der Waals surface area contributed by atoms with E-state index in [0.29, 0.717) is 0 Å². The van der Waals surface area contributed by atoms with Crippen molar-refractivity contribution in [1.82, 2.24) is 5.32 Å². The van der Waals surface area contributed by atoms with Crippen LogP contribution in [0, 0.1) is 13.8 Å². The van der Waals surface area contributed by atoms with Crippen LogP contribution in [-0.2, 0) is 0 Å². The first-order valence-electron chi connectivity index (χ1n) is 6.60. The number of rotatable bonds is 5. The molecule has 1 atom stereocenters. The Hall–Kier alpha value is -1.74. The fourth-order valence-electron chi connectivity index (χ4n) is 2.21. The molecule has 1 aromatic heterocycles. The number of aryl methyl sites for hydroxylation is 2. The van der Waals surface area contributed by atoms with Crippen molar-refractivity contribution in [2.75, 3.05) is 13.7 Å². The van der Waals surface area contributed by atoms with Crippen LogP contribution in [0.3, 0.4) is 0 Å². The van der Waals surface area contributed by atoms with E-state index in [4.69, 9.17) is 9.15 Å². The molecule has 0 bridgehead atoms. The Kier molecular flexibility index (Phi) is 4.27. The van der Waals surface area contributed by atoms with Gasteiger partial charge in [0, 0.05) is 0 Å². The fraction of sp³-hybridized carbons (Fsp3) is 0.375. The molecular weight excluding hydrogens is 238 g/mol. The maximum absolute atomic E-state index is 5.75. The Labute approximate surface area is 114 Å². The third kappa shape index (κ3) is 2.99. The van der Waals surface area contributed by atoms with E-state index >= 15 is 0 Å². The Balaban J connectivity index is 2.38. The molecule has 19 heavy (non-hydrogen) atoms. The smallest absolute Gasteiger partial charge is 0.125 e. The van der Waals surface area contributed by atoms with Crippen LogP contribution in [0.1, 0.15) is 35.6 Å². The van der Waals surface area contributed by atoms with Crippen LogP contribution in [0.2, 0.25) is 0 Å². The van der Waals surface area contributed by atoms with E-state index in [1.54, 1.807) is 7.11 Å². The zero-order chi connectivity index (χ0) is 13.8. The molecule has 0 aliphatic heterocycles. The average Bonchev–Trinajstić information content (AvgIpc) is 2.83. The highest BCUT2D eigenvalue weighted by Crippen LogP contribution is 2.28. The third-order valence-corrected chi connectivity index (χ3v) is 3.22. The molecule has 0 fully saturated rings. The molecule has 3 nitrogen and oxygen atoms in total. The first kappa shape index (κ1) is 13.7. The van der Waals surface area contributed by atoms with Gasteiger partial charge < -0.3 is 14.5 Å². The molecule has 0 amide bonds. The lowest BCUT2D eigenvalue weighted by Gasteiger charge is -2.17. The van der Waals surface area contributed by atoms with Crippen molar-refractivity contribution in [2.24, 2.45) is 0 Å². The van der Waals surface area contributed by atoms with Crippen LogP contribution in [-0.4, -0.2) is 13.7 Å². The summed E-state index contributed by atoms with van der Waals surface area (Å²) in [6.45, 7) is 6.97. The first-order valence-corrected chi connectivity index (χ1v) is 6.60. The Bertz CT molecular complexity index is 545. The molecule has 2 aromatic rings. The summed E-state index contributed by atoms with van der Waals surface area (Å²) in [4.78, 5) is 0. The van der Waals surface area contributed by atoms with E-state index in [1.165, 1.54) is 0 Å². The SMILES string of the molecule is CCNC(c1ccc(C)c(OC)c1)c1ccc(C)o1. The summed E-state index contributed by atoms with van der Waals surface area (Å²) in [5.74, 6) is 2.77. The van der Waals surface area contributed by atoms with E-state index in [0.717, 1.165) is 34.9 Å². The van der Waals surface area contributed by atoms with Gasteiger partial charge in [-0.1, -0.05) is 19.1 Å². The average molecular weight is 259 g/mol. The maximum Gasteiger partial charge on any atom is 0.125 e. The Morgan fingerprint density at radius 2 is 2.00 bits per heavy atom. The quantitative estimate of drug-likeness (QED) is 0.890. The van der Waals surface area contributed by atoms with Gasteiger partial charge in [0.05, 0.1) is 13.2 Å². The topological polar surface area (TPSA) is 34.4 Å². The number of nitrogens with one attached hydrogen (secondary N) is 1. The molecule has 1 aromatic carbocycles. The molecule has 1 N–H and O–H groups in total. The molecule has 0 saturated carbocycles. The lowest BCUT2D eigenvalue weighted by atomic mass is 10.0. The van der Waals surface area contributed by atoms with Crippen molar-refractivity contribution in [2.45, 2.75) is 26.8 Å². The van der Waals surface area contributed by atoms with E-state index in [9.17, 15) is 0 Å². The Morgan fingerprint density at radius 1 is 1.21 bits per heavy atom. The van der Waals surface area contributed by atoms with E-state index in [2.05, 4.69) is 30.4 Å². The van der Waals surface area contributed by atoms with Crippen molar-refractivity contribution in [3.63, 3.8) is 0 Å². The highest BCUT2D eigenvalue weighted by Gasteiger charge is 2.17.